The first-order valence-electron chi connectivity index (χ1n) is 5.23. The molecule has 1 heterocycles. The molecule has 0 spiro atoms. The molecule has 1 aromatic carbocycles. The van der Waals surface area contributed by atoms with E-state index in [4.69, 9.17) is 0 Å². The second-order valence-corrected chi connectivity index (χ2v) is 5.48. The number of halogens is 3. The molecule has 0 N–H and O–H groups in total. The van der Waals surface area contributed by atoms with E-state index in [2.05, 4.69) is 15.9 Å². The molecule has 0 aliphatic carbocycles. The van der Waals surface area contributed by atoms with Crippen LogP contribution < -0.4 is 0 Å². The van der Waals surface area contributed by atoms with Crippen LogP contribution in [0, 0.1) is 11.6 Å². The Morgan fingerprint density at radius 2 is 2.00 bits per heavy atom. The Balaban J connectivity index is 2.14. The lowest BCUT2D eigenvalue weighted by molar-refractivity contribution is -0.117. The van der Waals surface area contributed by atoms with E-state index in [1.807, 2.05) is 16.8 Å². The van der Waals surface area contributed by atoms with Crippen molar-refractivity contribution in [1.82, 2.24) is 0 Å². The van der Waals surface area contributed by atoms with E-state index >= 15 is 0 Å². The van der Waals surface area contributed by atoms with Crippen LogP contribution in [0.25, 0.3) is 0 Å². The summed E-state index contributed by atoms with van der Waals surface area (Å²) in [7, 11) is 0. The van der Waals surface area contributed by atoms with Crippen LogP contribution in [0.4, 0.5) is 8.78 Å². The number of rotatable bonds is 4. The second-order valence-electron chi connectivity index (χ2n) is 3.85. The molecule has 18 heavy (non-hydrogen) atoms. The molecule has 1 aromatic heterocycles. The maximum Gasteiger partial charge on any atom is 0.143 e. The van der Waals surface area contributed by atoms with Gasteiger partial charge >= 0.3 is 0 Å². The predicted molar refractivity (Wildman–Crippen MR) is 70.8 cm³/mol. The van der Waals surface area contributed by atoms with Crippen molar-refractivity contribution in [3.05, 3.63) is 56.2 Å². The van der Waals surface area contributed by atoms with Crippen molar-refractivity contribution in [2.24, 2.45) is 0 Å². The standard InChI is InChI=1S/C13H9BrF2OS/c14-11-1-2-12(15)10(13(11)16)6-9(17)5-8-3-4-18-7-8/h1-4,7H,5-6H2. The van der Waals surface area contributed by atoms with Crippen molar-refractivity contribution < 1.29 is 13.6 Å². The molecule has 0 aliphatic rings. The summed E-state index contributed by atoms with van der Waals surface area (Å²) in [6.45, 7) is 0. The first kappa shape index (κ1) is 13.4. The van der Waals surface area contributed by atoms with E-state index in [1.165, 1.54) is 17.4 Å². The molecule has 2 rings (SSSR count). The average Bonchev–Trinajstić information content (AvgIpc) is 2.82. The second kappa shape index (κ2) is 5.71. The van der Waals surface area contributed by atoms with Crippen LogP contribution in [0.2, 0.25) is 0 Å². The van der Waals surface area contributed by atoms with Gasteiger partial charge in [0.25, 0.3) is 0 Å². The van der Waals surface area contributed by atoms with Gasteiger partial charge in [-0.1, -0.05) is 0 Å². The van der Waals surface area contributed by atoms with Crippen molar-refractivity contribution in [1.29, 1.82) is 0 Å². The number of benzene rings is 1. The largest absolute Gasteiger partial charge is 0.299 e. The normalized spacial score (nSPS) is 10.6. The molecule has 0 radical (unpaired) electrons. The Bertz CT molecular complexity index is 567. The number of Topliss-reactive ketones (excluding diaryl/α,β-unsaturated/α-hetero) is 1. The maximum absolute atomic E-state index is 13.7. The molecular weight excluding hydrogens is 322 g/mol. The van der Waals surface area contributed by atoms with Crippen molar-refractivity contribution in [3.63, 3.8) is 0 Å². The molecular formula is C13H9BrF2OS. The molecule has 0 saturated carbocycles. The van der Waals surface area contributed by atoms with Gasteiger partial charge in [0.05, 0.1) is 4.47 Å². The van der Waals surface area contributed by atoms with E-state index in [-0.39, 0.29) is 28.7 Å². The zero-order valence-electron chi connectivity index (χ0n) is 9.25. The van der Waals surface area contributed by atoms with Crippen LogP contribution in [0.15, 0.2) is 33.4 Å². The van der Waals surface area contributed by atoms with E-state index in [1.54, 1.807) is 0 Å². The van der Waals surface area contributed by atoms with Gasteiger partial charge < -0.3 is 0 Å². The summed E-state index contributed by atoms with van der Waals surface area (Å²) in [6, 6.07) is 4.27. The Morgan fingerprint density at radius 1 is 1.22 bits per heavy atom. The minimum Gasteiger partial charge on any atom is -0.299 e. The molecule has 0 unspecified atom stereocenters. The zero-order chi connectivity index (χ0) is 13.1. The summed E-state index contributed by atoms with van der Waals surface area (Å²) in [5.74, 6) is -1.59. The topological polar surface area (TPSA) is 17.1 Å². The molecule has 94 valence electrons. The number of hydrogen-bond acceptors (Lipinski definition) is 2. The predicted octanol–water partition coefficient (Wildman–Crippen LogP) is 4.14. The van der Waals surface area contributed by atoms with Gasteiger partial charge in [-0.2, -0.15) is 11.3 Å². The van der Waals surface area contributed by atoms with Crippen molar-refractivity contribution in [2.45, 2.75) is 12.8 Å². The summed E-state index contributed by atoms with van der Waals surface area (Å²) in [4.78, 5) is 11.8. The van der Waals surface area contributed by atoms with Gasteiger partial charge in [-0.05, 0) is 50.5 Å². The van der Waals surface area contributed by atoms with Crippen LogP contribution in [-0.2, 0) is 17.6 Å². The van der Waals surface area contributed by atoms with E-state index in [0.29, 0.717) is 0 Å². The third-order valence-corrected chi connectivity index (χ3v) is 3.84. The Hall–Kier alpha value is -1.07. The molecule has 0 saturated heterocycles. The number of ketones is 1. The van der Waals surface area contributed by atoms with Gasteiger partial charge in [0.2, 0.25) is 0 Å². The maximum atomic E-state index is 13.7. The van der Waals surface area contributed by atoms with Gasteiger partial charge in [-0.25, -0.2) is 8.78 Å². The van der Waals surface area contributed by atoms with E-state index in [0.717, 1.165) is 11.6 Å². The molecule has 2 aromatic rings. The monoisotopic (exact) mass is 330 g/mol. The van der Waals surface area contributed by atoms with Gasteiger partial charge in [-0.15, -0.1) is 0 Å². The molecule has 0 fully saturated rings. The van der Waals surface area contributed by atoms with Crippen molar-refractivity contribution in [2.75, 3.05) is 0 Å². The minimum atomic E-state index is -0.700. The van der Waals surface area contributed by atoms with Crippen molar-refractivity contribution >= 4 is 33.0 Å². The van der Waals surface area contributed by atoms with Gasteiger partial charge in [-0.3, -0.25) is 4.79 Å². The highest BCUT2D eigenvalue weighted by atomic mass is 79.9. The lowest BCUT2D eigenvalue weighted by atomic mass is 10.0. The Labute approximate surface area is 116 Å². The number of carbonyl (C=O) groups excluding carboxylic acids is 1. The summed E-state index contributed by atoms with van der Waals surface area (Å²) in [5, 5.41) is 3.72. The minimum absolute atomic E-state index is 0.169. The van der Waals surface area contributed by atoms with Crippen molar-refractivity contribution in [3.8, 4) is 0 Å². The summed E-state index contributed by atoms with van der Waals surface area (Å²) in [6.07, 6.45) is -0.0259. The highest BCUT2D eigenvalue weighted by Gasteiger charge is 2.16. The van der Waals surface area contributed by atoms with E-state index < -0.39 is 11.6 Å². The SMILES string of the molecule is O=C(Cc1ccsc1)Cc1c(F)ccc(Br)c1F. The third-order valence-electron chi connectivity index (χ3n) is 2.49. The number of carbonyl (C=O) groups is 1. The molecule has 0 amide bonds. The highest BCUT2D eigenvalue weighted by Crippen LogP contribution is 2.22. The number of hydrogen-bond donors (Lipinski definition) is 0. The first-order chi connectivity index (χ1) is 8.58. The fraction of sp³-hybridized carbons (Fsp3) is 0.154. The molecule has 5 heteroatoms. The average molecular weight is 331 g/mol. The Kier molecular flexibility index (Phi) is 4.24. The smallest absolute Gasteiger partial charge is 0.143 e. The molecule has 1 nitrogen and oxygen atoms in total. The van der Waals surface area contributed by atoms with Crippen LogP contribution >= 0.6 is 27.3 Å². The molecule has 0 aliphatic heterocycles. The van der Waals surface area contributed by atoms with Crippen LogP contribution in [0.5, 0.6) is 0 Å². The van der Waals surface area contributed by atoms with Gasteiger partial charge in [0, 0.05) is 18.4 Å². The summed E-state index contributed by atoms with van der Waals surface area (Å²) in [5.41, 5.74) is 0.699. The zero-order valence-corrected chi connectivity index (χ0v) is 11.7. The lowest BCUT2D eigenvalue weighted by Gasteiger charge is -2.05. The Morgan fingerprint density at radius 3 is 2.67 bits per heavy atom. The van der Waals surface area contributed by atoms with E-state index in [9.17, 15) is 13.6 Å². The molecule has 0 atom stereocenters. The van der Waals surface area contributed by atoms with Gasteiger partial charge in [0.15, 0.2) is 0 Å². The fourth-order valence-electron chi connectivity index (χ4n) is 1.61. The quantitative estimate of drug-likeness (QED) is 0.770. The highest BCUT2D eigenvalue weighted by molar-refractivity contribution is 9.10. The van der Waals surface area contributed by atoms with Gasteiger partial charge in [0.1, 0.15) is 17.4 Å². The van der Waals surface area contributed by atoms with Crippen LogP contribution in [0.1, 0.15) is 11.1 Å². The van der Waals surface area contributed by atoms with Crippen LogP contribution in [-0.4, -0.2) is 5.78 Å². The molecule has 0 bridgehead atoms. The summed E-state index contributed by atoms with van der Waals surface area (Å²) < 4.78 is 27.3. The lowest BCUT2D eigenvalue weighted by Crippen LogP contribution is -2.09. The first-order valence-corrected chi connectivity index (χ1v) is 6.96. The third kappa shape index (κ3) is 3.03. The van der Waals surface area contributed by atoms with Crippen LogP contribution in [0.3, 0.4) is 0 Å². The number of thiophene rings is 1. The fourth-order valence-corrected chi connectivity index (χ4v) is 2.65. The summed E-state index contributed by atoms with van der Waals surface area (Å²) >= 11 is 4.47.